The zero-order chi connectivity index (χ0) is 14.9. The predicted molar refractivity (Wildman–Crippen MR) is 75.3 cm³/mol. The third-order valence-corrected chi connectivity index (χ3v) is 3.34. The van der Waals surface area contributed by atoms with E-state index in [1.165, 1.54) is 0 Å². The number of epoxide rings is 2. The van der Waals surface area contributed by atoms with Gasteiger partial charge in [0.15, 0.2) is 0 Å². The van der Waals surface area contributed by atoms with E-state index >= 15 is 0 Å². The molecule has 2 rings (SSSR count). The van der Waals surface area contributed by atoms with E-state index in [-0.39, 0.29) is 12.2 Å². The highest BCUT2D eigenvalue weighted by Crippen LogP contribution is 2.14. The number of rotatable bonds is 13. The summed E-state index contributed by atoms with van der Waals surface area (Å²) in [5, 5.41) is 8.68. The lowest BCUT2D eigenvalue weighted by atomic mass is 10.1. The standard InChI is InChI=1S/C15H24O6/c16-15(17)6-5-12(19-10-14-11-21-14)4-2-1-3-7-18-8-13-9-20-13/h5-6,12-14H,1-4,7-11H2,(H,16,17). The number of hydrogen-bond donors (Lipinski definition) is 1. The van der Waals surface area contributed by atoms with E-state index in [4.69, 9.17) is 24.1 Å². The summed E-state index contributed by atoms with van der Waals surface area (Å²) < 4.78 is 21.3. The summed E-state index contributed by atoms with van der Waals surface area (Å²) in [5.41, 5.74) is 0. The average molecular weight is 300 g/mol. The summed E-state index contributed by atoms with van der Waals surface area (Å²) in [6, 6.07) is 0. The van der Waals surface area contributed by atoms with Crippen molar-refractivity contribution in [2.75, 3.05) is 33.0 Å². The van der Waals surface area contributed by atoms with Crippen molar-refractivity contribution in [1.29, 1.82) is 0 Å². The van der Waals surface area contributed by atoms with E-state index in [1.54, 1.807) is 6.08 Å². The van der Waals surface area contributed by atoms with Crippen LogP contribution in [0.5, 0.6) is 0 Å². The van der Waals surface area contributed by atoms with E-state index in [0.717, 1.165) is 51.6 Å². The molecule has 21 heavy (non-hydrogen) atoms. The van der Waals surface area contributed by atoms with Crippen molar-refractivity contribution in [2.45, 2.75) is 44.0 Å². The summed E-state index contributed by atoms with van der Waals surface area (Å²) in [4.78, 5) is 10.6. The van der Waals surface area contributed by atoms with Crippen molar-refractivity contribution < 1.29 is 28.8 Å². The molecule has 0 saturated carbocycles. The third kappa shape index (κ3) is 8.83. The monoisotopic (exact) mass is 300 g/mol. The number of carboxylic acid groups (broad SMARTS) is 1. The lowest BCUT2D eigenvalue weighted by Crippen LogP contribution is -2.14. The van der Waals surface area contributed by atoms with Crippen LogP contribution in [0.1, 0.15) is 25.7 Å². The fraction of sp³-hybridized carbons (Fsp3) is 0.800. The Morgan fingerprint density at radius 2 is 1.90 bits per heavy atom. The molecule has 3 unspecified atom stereocenters. The fourth-order valence-corrected chi connectivity index (χ4v) is 1.93. The van der Waals surface area contributed by atoms with Gasteiger partial charge in [0.05, 0.1) is 32.5 Å². The van der Waals surface area contributed by atoms with Gasteiger partial charge in [-0.15, -0.1) is 0 Å². The molecular formula is C15H24O6. The molecule has 0 aromatic heterocycles. The first-order chi connectivity index (χ1) is 10.2. The lowest BCUT2D eigenvalue weighted by molar-refractivity contribution is -0.131. The van der Waals surface area contributed by atoms with Crippen LogP contribution >= 0.6 is 0 Å². The van der Waals surface area contributed by atoms with Crippen LogP contribution in [0.2, 0.25) is 0 Å². The molecular weight excluding hydrogens is 276 g/mol. The van der Waals surface area contributed by atoms with Gasteiger partial charge in [0.2, 0.25) is 0 Å². The second kappa shape index (κ2) is 9.15. The molecule has 2 aliphatic rings. The van der Waals surface area contributed by atoms with Crippen molar-refractivity contribution in [3.05, 3.63) is 12.2 Å². The van der Waals surface area contributed by atoms with Crippen molar-refractivity contribution >= 4 is 5.97 Å². The van der Waals surface area contributed by atoms with Gasteiger partial charge in [-0.3, -0.25) is 0 Å². The molecule has 0 bridgehead atoms. The quantitative estimate of drug-likeness (QED) is 0.314. The number of carbonyl (C=O) groups is 1. The zero-order valence-corrected chi connectivity index (χ0v) is 12.2. The minimum Gasteiger partial charge on any atom is -0.478 e. The Kier molecular flexibility index (Phi) is 7.15. The molecule has 2 aliphatic heterocycles. The molecule has 6 heteroatoms. The van der Waals surface area contributed by atoms with Crippen LogP contribution in [0, 0.1) is 0 Å². The van der Waals surface area contributed by atoms with E-state index in [2.05, 4.69) is 0 Å². The molecule has 0 aliphatic carbocycles. The minimum absolute atomic E-state index is 0.147. The Balaban J connectivity index is 1.50. The van der Waals surface area contributed by atoms with Gasteiger partial charge in [-0.2, -0.15) is 0 Å². The summed E-state index contributed by atoms with van der Waals surface area (Å²) >= 11 is 0. The molecule has 2 fully saturated rings. The zero-order valence-electron chi connectivity index (χ0n) is 12.2. The maximum atomic E-state index is 10.6. The lowest BCUT2D eigenvalue weighted by Gasteiger charge is -2.13. The molecule has 6 nitrogen and oxygen atoms in total. The first-order valence-corrected chi connectivity index (χ1v) is 7.57. The van der Waals surface area contributed by atoms with Crippen LogP contribution in [0.25, 0.3) is 0 Å². The van der Waals surface area contributed by atoms with Gasteiger partial charge >= 0.3 is 5.97 Å². The normalized spacial score (nSPS) is 25.1. The highest BCUT2D eigenvalue weighted by Gasteiger charge is 2.24. The van der Waals surface area contributed by atoms with Gasteiger partial charge in [0.1, 0.15) is 12.2 Å². The highest BCUT2D eigenvalue weighted by molar-refractivity contribution is 5.79. The number of aliphatic carboxylic acids is 1. The molecule has 3 atom stereocenters. The Labute approximate surface area is 125 Å². The second-order valence-electron chi connectivity index (χ2n) is 5.40. The number of ether oxygens (including phenoxy) is 4. The molecule has 0 aromatic rings. The van der Waals surface area contributed by atoms with Crippen LogP contribution in [0.15, 0.2) is 12.2 Å². The van der Waals surface area contributed by atoms with Crippen molar-refractivity contribution in [2.24, 2.45) is 0 Å². The predicted octanol–water partition coefficient (Wildman–Crippen LogP) is 1.39. The van der Waals surface area contributed by atoms with Gasteiger partial charge in [-0.1, -0.05) is 12.8 Å². The van der Waals surface area contributed by atoms with Crippen LogP contribution in [0.3, 0.4) is 0 Å². The Bertz CT molecular complexity index is 335. The Hall–Kier alpha value is -0.950. The summed E-state index contributed by atoms with van der Waals surface area (Å²) in [6.45, 7) is 3.58. The Morgan fingerprint density at radius 3 is 2.57 bits per heavy atom. The van der Waals surface area contributed by atoms with Crippen molar-refractivity contribution in [3.8, 4) is 0 Å². The molecule has 2 heterocycles. The molecule has 120 valence electrons. The molecule has 2 saturated heterocycles. The van der Waals surface area contributed by atoms with Crippen molar-refractivity contribution in [1.82, 2.24) is 0 Å². The largest absolute Gasteiger partial charge is 0.478 e. The second-order valence-corrected chi connectivity index (χ2v) is 5.40. The number of unbranched alkanes of at least 4 members (excludes halogenated alkanes) is 2. The van der Waals surface area contributed by atoms with E-state index < -0.39 is 5.97 Å². The van der Waals surface area contributed by atoms with Gasteiger partial charge in [0.25, 0.3) is 0 Å². The third-order valence-electron chi connectivity index (χ3n) is 3.34. The molecule has 0 radical (unpaired) electrons. The van der Waals surface area contributed by atoms with Crippen LogP contribution in [0.4, 0.5) is 0 Å². The van der Waals surface area contributed by atoms with Gasteiger partial charge in [-0.05, 0) is 18.9 Å². The van der Waals surface area contributed by atoms with E-state index in [1.807, 2.05) is 0 Å². The van der Waals surface area contributed by atoms with Crippen LogP contribution in [-0.2, 0) is 23.7 Å². The first-order valence-electron chi connectivity index (χ1n) is 7.57. The van der Waals surface area contributed by atoms with Gasteiger partial charge in [0, 0.05) is 12.7 Å². The summed E-state index contributed by atoms with van der Waals surface area (Å²) in [6.07, 6.45) is 7.01. The topological polar surface area (TPSA) is 80.8 Å². The smallest absolute Gasteiger partial charge is 0.328 e. The minimum atomic E-state index is -0.943. The Morgan fingerprint density at radius 1 is 1.19 bits per heavy atom. The molecule has 0 spiro atoms. The average Bonchev–Trinajstić information content (AvgIpc) is 3.34. The fourth-order valence-electron chi connectivity index (χ4n) is 1.93. The maximum absolute atomic E-state index is 10.6. The van der Waals surface area contributed by atoms with Gasteiger partial charge < -0.3 is 24.1 Å². The maximum Gasteiger partial charge on any atom is 0.328 e. The number of hydrogen-bond acceptors (Lipinski definition) is 5. The summed E-state index contributed by atoms with van der Waals surface area (Å²) in [5.74, 6) is -0.943. The molecule has 0 aromatic carbocycles. The first kappa shape index (κ1) is 16.4. The van der Waals surface area contributed by atoms with Crippen LogP contribution < -0.4 is 0 Å². The molecule has 1 N–H and O–H groups in total. The van der Waals surface area contributed by atoms with Crippen LogP contribution in [-0.4, -0.2) is 62.4 Å². The van der Waals surface area contributed by atoms with E-state index in [0.29, 0.717) is 19.3 Å². The summed E-state index contributed by atoms with van der Waals surface area (Å²) in [7, 11) is 0. The molecule has 0 amide bonds. The van der Waals surface area contributed by atoms with Gasteiger partial charge in [-0.25, -0.2) is 4.79 Å². The SMILES string of the molecule is O=C(O)C=CC(CCCCCOCC1CO1)OCC1CO1. The van der Waals surface area contributed by atoms with E-state index in [9.17, 15) is 4.79 Å². The highest BCUT2D eigenvalue weighted by atomic mass is 16.6. The van der Waals surface area contributed by atoms with Crippen molar-refractivity contribution in [3.63, 3.8) is 0 Å². The number of carboxylic acids is 1.